The van der Waals surface area contributed by atoms with E-state index in [2.05, 4.69) is 10.6 Å². The number of hydrogen-bond acceptors (Lipinski definition) is 6. The molecule has 1 aromatic rings. The van der Waals surface area contributed by atoms with Crippen LogP contribution in [0.4, 0.5) is 4.79 Å². The van der Waals surface area contributed by atoms with Gasteiger partial charge in [-0.1, -0.05) is 38.5 Å². The molecule has 1 rings (SSSR count). The van der Waals surface area contributed by atoms with Gasteiger partial charge in [0.2, 0.25) is 11.8 Å². The van der Waals surface area contributed by atoms with Crippen LogP contribution in [0.5, 0.6) is 5.75 Å². The predicted octanol–water partition coefficient (Wildman–Crippen LogP) is 3.95. The van der Waals surface area contributed by atoms with Crippen LogP contribution in [0.15, 0.2) is 18.2 Å². The summed E-state index contributed by atoms with van der Waals surface area (Å²) in [5.74, 6) is -1.22. The van der Waals surface area contributed by atoms with E-state index in [4.69, 9.17) is 4.74 Å². The zero-order valence-corrected chi connectivity index (χ0v) is 23.3. The number of phenols is 1. The van der Waals surface area contributed by atoms with Gasteiger partial charge in [-0.05, 0) is 66.9 Å². The number of carbonyl (C=O) groups excluding carboxylic acids is 3. The van der Waals surface area contributed by atoms with E-state index in [-0.39, 0.29) is 17.4 Å². The fourth-order valence-electron chi connectivity index (χ4n) is 3.88. The van der Waals surface area contributed by atoms with Gasteiger partial charge >= 0.3 is 6.09 Å². The molecule has 0 radical (unpaired) electrons. The van der Waals surface area contributed by atoms with Crippen LogP contribution in [0.3, 0.4) is 0 Å². The summed E-state index contributed by atoms with van der Waals surface area (Å²) in [7, 11) is 0. The number of rotatable bonds is 11. The van der Waals surface area contributed by atoms with Gasteiger partial charge in [0.25, 0.3) is 0 Å². The number of ether oxygens (including phenoxy) is 1. The van der Waals surface area contributed by atoms with Crippen LogP contribution in [0.25, 0.3) is 0 Å². The Kier molecular flexibility index (Phi) is 11.2. The van der Waals surface area contributed by atoms with Gasteiger partial charge in [-0.25, -0.2) is 4.79 Å². The molecule has 3 amide bonds. The van der Waals surface area contributed by atoms with Crippen molar-refractivity contribution in [2.24, 2.45) is 0 Å². The number of aromatic hydroxyl groups is 1. The van der Waals surface area contributed by atoms with Crippen LogP contribution in [-0.4, -0.2) is 62.9 Å². The van der Waals surface area contributed by atoms with Gasteiger partial charge in [-0.2, -0.15) is 0 Å². The zero-order valence-electron chi connectivity index (χ0n) is 23.3. The number of nitrogens with one attached hydrogen (secondary N) is 2. The van der Waals surface area contributed by atoms with Gasteiger partial charge in [0.15, 0.2) is 0 Å². The molecule has 0 spiro atoms. The van der Waals surface area contributed by atoms with Crippen molar-refractivity contribution in [2.75, 3.05) is 6.61 Å². The highest BCUT2D eigenvalue weighted by atomic mass is 16.6. The molecule has 204 valence electrons. The summed E-state index contributed by atoms with van der Waals surface area (Å²) >= 11 is 0. The lowest BCUT2D eigenvalue weighted by Gasteiger charge is -2.44. The highest BCUT2D eigenvalue weighted by Crippen LogP contribution is 2.37. The molecule has 0 saturated heterocycles. The highest BCUT2D eigenvalue weighted by Gasteiger charge is 2.44. The number of aliphatic hydroxyl groups is 1. The number of benzene rings is 1. The lowest BCUT2D eigenvalue weighted by Crippen LogP contribution is -2.60. The number of para-hydroxylation sites is 1. The average Bonchev–Trinajstić information content (AvgIpc) is 2.76. The molecule has 0 aliphatic heterocycles. The molecule has 9 nitrogen and oxygen atoms in total. The van der Waals surface area contributed by atoms with Gasteiger partial charge in [-0.15, -0.1) is 0 Å². The molecule has 3 unspecified atom stereocenters. The zero-order chi connectivity index (χ0) is 27.8. The minimum Gasteiger partial charge on any atom is -0.507 e. The smallest absolute Gasteiger partial charge is 0.408 e. The second-order valence-corrected chi connectivity index (χ2v) is 10.9. The molecule has 0 aromatic heterocycles. The number of amides is 3. The largest absolute Gasteiger partial charge is 0.507 e. The summed E-state index contributed by atoms with van der Waals surface area (Å²) in [5, 5.41) is 26.4. The quantitative estimate of drug-likeness (QED) is 0.359. The van der Waals surface area contributed by atoms with Gasteiger partial charge in [-0.3, -0.25) is 9.59 Å². The molecular weight excluding hydrogens is 462 g/mol. The summed E-state index contributed by atoms with van der Waals surface area (Å²) in [5.41, 5.74) is -0.869. The first-order chi connectivity index (χ1) is 16.6. The fraction of sp³-hybridized carbons (Fsp3) is 0.667. The van der Waals surface area contributed by atoms with Gasteiger partial charge in [0, 0.05) is 17.1 Å². The van der Waals surface area contributed by atoms with E-state index >= 15 is 0 Å². The first-order valence-corrected chi connectivity index (χ1v) is 12.6. The van der Waals surface area contributed by atoms with E-state index < -0.39 is 47.7 Å². The molecule has 36 heavy (non-hydrogen) atoms. The van der Waals surface area contributed by atoms with Crippen LogP contribution >= 0.6 is 0 Å². The predicted molar refractivity (Wildman–Crippen MR) is 140 cm³/mol. The van der Waals surface area contributed by atoms with E-state index in [9.17, 15) is 24.6 Å². The number of carbonyl (C=O) groups is 3. The van der Waals surface area contributed by atoms with Crippen LogP contribution in [0.1, 0.15) is 91.8 Å². The molecule has 0 heterocycles. The van der Waals surface area contributed by atoms with Gasteiger partial charge < -0.3 is 30.5 Å². The fourth-order valence-corrected chi connectivity index (χ4v) is 3.88. The van der Waals surface area contributed by atoms with Crippen molar-refractivity contribution in [3.63, 3.8) is 0 Å². The molecule has 0 saturated carbocycles. The van der Waals surface area contributed by atoms with Crippen molar-refractivity contribution < 1.29 is 29.3 Å². The second-order valence-electron chi connectivity index (χ2n) is 10.9. The Labute approximate surface area is 215 Å². The Morgan fingerprint density at radius 3 is 2.19 bits per heavy atom. The van der Waals surface area contributed by atoms with E-state index in [1.54, 1.807) is 59.7 Å². The van der Waals surface area contributed by atoms with Crippen LogP contribution in [0.2, 0.25) is 0 Å². The SMILES string of the molecule is CCCC(C)NC(=O)C(c1cccc(C)c1O)N(C(=O)C(CO)NC(=O)OC(C)(C)C)C(C)(C)CC. The maximum absolute atomic E-state index is 13.9. The molecule has 0 fully saturated rings. The van der Waals surface area contributed by atoms with Gasteiger partial charge in [0.1, 0.15) is 23.4 Å². The minimum atomic E-state index is -1.36. The van der Waals surface area contributed by atoms with Gasteiger partial charge in [0.05, 0.1) is 6.61 Å². The number of aliphatic hydroxyl groups excluding tert-OH is 1. The Bertz CT molecular complexity index is 909. The van der Waals surface area contributed by atoms with Crippen LogP contribution in [-0.2, 0) is 14.3 Å². The number of aryl methyl sites for hydroxylation is 1. The third-order valence-corrected chi connectivity index (χ3v) is 6.11. The van der Waals surface area contributed by atoms with Crippen molar-refractivity contribution >= 4 is 17.9 Å². The topological polar surface area (TPSA) is 128 Å². The first kappa shape index (κ1) is 31.2. The summed E-state index contributed by atoms with van der Waals surface area (Å²) in [6.07, 6.45) is 1.20. The Balaban J connectivity index is 3.64. The average molecular weight is 508 g/mol. The van der Waals surface area contributed by atoms with Crippen molar-refractivity contribution in [3.8, 4) is 5.75 Å². The first-order valence-electron chi connectivity index (χ1n) is 12.6. The molecule has 1 aromatic carbocycles. The number of nitrogens with zero attached hydrogens (tertiary/aromatic N) is 1. The lowest BCUT2D eigenvalue weighted by molar-refractivity contribution is -0.150. The molecule has 0 bridgehead atoms. The summed E-state index contributed by atoms with van der Waals surface area (Å²) in [6.45, 7) is 15.4. The van der Waals surface area contributed by atoms with E-state index in [0.717, 1.165) is 12.8 Å². The number of hydrogen-bond donors (Lipinski definition) is 4. The molecule has 9 heteroatoms. The molecule has 4 N–H and O–H groups in total. The molecular formula is C27H45N3O6. The standard InChI is InChI=1S/C27H45N3O6/c1-10-13-18(4)28-23(33)21(19-15-12-14-17(3)22(19)32)30(27(8,9)11-2)24(34)20(16-31)29-25(35)36-26(5,6)7/h12,14-15,18,20-21,31-32H,10-11,13,16H2,1-9H3,(H,28,33)(H,29,35). The molecule has 0 aliphatic rings. The maximum atomic E-state index is 13.9. The molecule has 3 atom stereocenters. The number of phenolic OH excluding ortho intramolecular Hbond substituents is 1. The van der Waals surface area contributed by atoms with Crippen LogP contribution < -0.4 is 10.6 Å². The van der Waals surface area contributed by atoms with Crippen molar-refractivity contribution in [2.45, 2.75) is 111 Å². The van der Waals surface area contributed by atoms with Crippen LogP contribution in [0, 0.1) is 6.92 Å². The number of alkyl carbamates (subject to hydrolysis) is 1. The third-order valence-electron chi connectivity index (χ3n) is 6.11. The normalized spacial score (nSPS) is 14.4. The Morgan fingerprint density at radius 2 is 1.69 bits per heavy atom. The summed E-state index contributed by atoms with van der Waals surface area (Å²) in [6, 6.07) is 2.31. The third kappa shape index (κ3) is 8.40. The summed E-state index contributed by atoms with van der Waals surface area (Å²) < 4.78 is 5.27. The highest BCUT2D eigenvalue weighted by molar-refractivity contribution is 5.93. The Hall–Kier alpha value is -2.81. The monoisotopic (exact) mass is 507 g/mol. The minimum absolute atomic E-state index is 0.0915. The van der Waals surface area contributed by atoms with Crippen molar-refractivity contribution in [3.05, 3.63) is 29.3 Å². The van der Waals surface area contributed by atoms with E-state index in [1.165, 1.54) is 4.90 Å². The van der Waals surface area contributed by atoms with E-state index in [1.807, 2.05) is 20.8 Å². The maximum Gasteiger partial charge on any atom is 0.408 e. The van der Waals surface area contributed by atoms with E-state index in [0.29, 0.717) is 12.0 Å². The van der Waals surface area contributed by atoms with Crippen molar-refractivity contribution in [1.82, 2.24) is 15.5 Å². The summed E-state index contributed by atoms with van der Waals surface area (Å²) in [4.78, 5) is 41.5. The second kappa shape index (κ2) is 12.9. The molecule has 0 aliphatic carbocycles. The lowest BCUT2D eigenvalue weighted by atomic mass is 9.91. The Morgan fingerprint density at radius 1 is 1.08 bits per heavy atom. The van der Waals surface area contributed by atoms with Crippen molar-refractivity contribution in [1.29, 1.82) is 0 Å².